The summed E-state index contributed by atoms with van der Waals surface area (Å²) in [6.07, 6.45) is 0. The lowest BCUT2D eigenvalue weighted by atomic mass is 10.1. The molecule has 0 aliphatic heterocycles. The molecule has 2 aromatic rings. The standard InChI is InChI=1S/C13H18N2S/c1-10(7-14-2)15-8-11-9-16-13-6-4-3-5-12(11)13/h3-6,9-10,14-15H,7-8H2,1-2H3. The highest BCUT2D eigenvalue weighted by Gasteiger charge is 2.04. The van der Waals surface area contributed by atoms with E-state index < -0.39 is 0 Å². The number of rotatable bonds is 5. The molecule has 1 aromatic heterocycles. The van der Waals surface area contributed by atoms with Gasteiger partial charge in [0.15, 0.2) is 0 Å². The highest BCUT2D eigenvalue weighted by Crippen LogP contribution is 2.25. The van der Waals surface area contributed by atoms with Gasteiger partial charge in [0.25, 0.3) is 0 Å². The largest absolute Gasteiger partial charge is 0.318 e. The Balaban J connectivity index is 2.04. The van der Waals surface area contributed by atoms with Crippen LogP contribution in [0.2, 0.25) is 0 Å². The fourth-order valence-electron chi connectivity index (χ4n) is 1.83. The van der Waals surface area contributed by atoms with Gasteiger partial charge in [0.05, 0.1) is 0 Å². The summed E-state index contributed by atoms with van der Waals surface area (Å²) in [6, 6.07) is 9.09. The normalized spacial score (nSPS) is 13.1. The minimum Gasteiger partial charge on any atom is -0.318 e. The number of fused-ring (bicyclic) bond motifs is 1. The zero-order valence-corrected chi connectivity index (χ0v) is 10.6. The van der Waals surface area contributed by atoms with Crippen molar-refractivity contribution < 1.29 is 0 Å². The van der Waals surface area contributed by atoms with Crippen LogP contribution in [0.4, 0.5) is 0 Å². The van der Waals surface area contributed by atoms with Crippen molar-refractivity contribution in [1.82, 2.24) is 10.6 Å². The first kappa shape index (κ1) is 11.6. The third kappa shape index (κ3) is 2.61. The van der Waals surface area contributed by atoms with Gasteiger partial charge in [-0.2, -0.15) is 0 Å². The van der Waals surface area contributed by atoms with Crippen molar-refractivity contribution in [2.75, 3.05) is 13.6 Å². The molecule has 0 saturated heterocycles. The topological polar surface area (TPSA) is 24.1 Å². The van der Waals surface area contributed by atoms with Crippen LogP contribution in [0.1, 0.15) is 12.5 Å². The lowest BCUT2D eigenvalue weighted by Gasteiger charge is -2.12. The number of likely N-dealkylation sites (N-methyl/N-ethyl adjacent to an activating group) is 1. The second-order valence-electron chi connectivity index (χ2n) is 4.10. The number of nitrogens with one attached hydrogen (secondary N) is 2. The van der Waals surface area contributed by atoms with E-state index in [1.807, 2.05) is 18.4 Å². The Hall–Kier alpha value is -0.900. The SMILES string of the molecule is CNCC(C)NCc1csc2ccccc12. The van der Waals surface area contributed by atoms with Crippen molar-refractivity contribution in [2.24, 2.45) is 0 Å². The van der Waals surface area contributed by atoms with Crippen LogP contribution in [0.3, 0.4) is 0 Å². The lowest BCUT2D eigenvalue weighted by molar-refractivity contribution is 0.524. The van der Waals surface area contributed by atoms with E-state index in [2.05, 4.69) is 47.2 Å². The van der Waals surface area contributed by atoms with Crippen molar-refractivity contribution in [3.05, 3.63) is 35.2 Å². The minimum absolute atomic E-state index is 0.503. The molecule has 0 aliphatic carbocycles. The molecule has 0 spiro atoms. The molecule has 2 nitrogen and oxygen atoms in total. The van der Waals surface area contributed by atoms with Crippen molar-refractivity contribution >= 4 is 21.4 Å². The van der Waals surface area contributed by atoms with Crippen LogP contribution in [0.15, 0.2) is 29.6 Å². The van der Waals surface area contributed by atoms with Gasteiger partial charge in [0.2, 0.25) is 0 Å². The van der Waals surface area contributed by atoms with Gasteiger partial charge in [-0.15, -0.1) is 11.3 Å². The van der Waals surface area contributed by atoms with Crippen LogP contribution in [-0.4, -0.2) is 19.6 Å². The molecule has 1 unspecified atom stereocenters. The van der Waals surface area contributed by atoms with Gasteiger partial charge in [-0.05, 0) is 36.4 Å². The van der Waals surface area contributed by atoms with E-state index in [1.54, 1.807) is 0 Å². The van der Waals surface area contributed by atoms with Crippen molar-refractivity contribution in [2.45, 2.75) is 19.5 Å². The summed E-state index contributed by atoms with van der Waals surface area (Å²) in [6.45, 7) is 4.15. The third-order valence-corrected chi connectivity index (χ3v) is 3.72. The van der Waals surface area contributed by atoms with Gasteiger partial charge < -0.3 is 10.6 Å². The molecule has 3 heteroatoms. The number of benzene rings is 1. The van der Waals surface area contributed by atoms with Gasteiger partial charge in [-0.1, -0.05) is 18.2 Å². The molecule has 0 saturated carbocycles. The Morgan fingerprint density at radius 1 is 1.31 bits per heavy atom. The van der Waals surface area contributed by atoms with E-state index in [1.165, 1.54) is 15.6 Å². The molecule has 0 amide bonds. The summed E-state index contributed by atoms with van der Waals surface area (Å²) in [4.78, 5) is 0. The molecule has 1 atom stereocenters. The van der Waals surface area contributed by atoms with Crippen molar-refractivity contribution in [3.8, 4) is 0 Å². The van der Waals surface area contributed by atoms with Gasteiger partial charge in [-0.3, -0.25) is 0 Å². The Bertz CT molecular complexity index is 450. The Labute approximate surface area is 101 Å². The predicted molar refractivity (Wildman–Crippen MR) is 72.1 cm³/mol. The minimum atomic E-state index is 0.503. The predicted octanol–water partition coefficient (Wildman–Crippen LogP) is 2.60. The first-order chi connectivity index (χ1) is 7.81. The summed E-state index contributed by atoms with van der Waals surface area (Å²) >= 11 is 1.82. The smallest absolute Gasteiger partial charge is 0.0346 e. The molecular weight excluding hydrogens is 216 g/mol. The second kappa shape index (κ2) is 5.43. The molecular formula is C13H18N2S. The summed E-state index contributed by atoms with van der Waals surface area (Å²) in [7, 11) is 1.98. The van der Waals surface area contributed by atoms with Crippen LogP contribution >= 0.6 is 11.3 Å². The van der Waals surface area contributed by atoms with E-state index in [-0.39, 0.29) is 0 Å². The van der Waals surface area contributed by atoms with E-state index >= 15 is 0 Å². The maximum absolute atomic E-state index is 3.52. The van der Waals surface area contributed by atoms with Crippen LogP contribution < -0.4 is 10.6 Å². The molecule has 16 heavy (non-hydrogen) atoms. The molecule has 0 fully saturated rings. The fourth-order valence-corrected chi connectivity index (χ4v) is 2.79. The lowest BCUT2D eigenvalue weighted by Crippen LogP contribution is -2.34. The van der Waals surface area contributed by atoms with E-state index in [0.717, 1.165) is 13.1 Å². The molecule has 0 bridgehead atoms. The molecule has 1 heterocycles. The van der Waals surface area contributed by atoms with Crippen LogP contribution in [0, 0.1) is 0 Å². The fraction of sp³-hybridized carbons (Fsp3) is 0.385. The van der Waals surface area contributed by atoms with Crippen molar-refractivity contribution in [1.29, 1.82) is 0 Å². The van der Waals surface area contributed by atoms with E-state index in [0.29, 0.717) is 6.04 Å². The van der Waals surface area contributed by atoms with Gasteiger partial charge >= 0.3 is 0 Å². The summed E-state index contributed by atoms with van der Waals surface area (Å²) in [5.41, 5.74) is 1.41. The molecule has 86 valence electrons. The summed E-state index contributed by atoms with van der Waals surface area (Å²) in [5, 5.41) is 10.3. The quantitative estimate of drug-likeness (QED) is 0.831. The zero-order chi connectivity index (χ0) is 11.4. The zero-order valence-electron chi connectivity index (χ0n) is 9.79. The van der Waals surface area contributed by atoms with E-state index in [9.17, 15) is 0 Å². The first-order valence-corrected chi connectivity index (χ1v) is 6.52. The van der Waals surface area contributed by atoms with E-state index in [4.69, 9.17) is 0 Å². The van der Waals surface area contributed by atoms with Gasteiger partial charge in [0, 0.05) is 23.8 Å². The molecule has 2 N–H and O–H groups in total. The number of hydrogen-bond acceptors (Lipinski definition) is 3. The maximum Gasteiger partial charge on any atom is 0.0346 e. The van der Waals surface area contributed by atoms with Crippen molar-refractivity contribution in [3.63, 3.8) is 0 Å². The first-order valence-electron chi connectivity index (χ1n) is 5.64. The average Bonchev–Trinajstić information content (AvgIpc) is 2.70. The molecule has 0 radical (unpaired) electrons. The van der Waals surface area contributed by atoms with Crippen LogP contribution in [0.5, 0.6) is 0 Å². The second-order valence-corrected chi connectivity index (χ2v) is 5.01. The third-order valence-electron chi connectivity index (χ3n) is 2.71. The molecule has 2 rings (SSSR count). The Kier molecular flexibility index (Phi) is 3.93. The average molecular weight is 234 g/mol. The highest BCUT2D eigenvalue weighted by atomic mass is 32.1. The monoisotopic (exact) mass is 234 g/mol. The number of thiophene rings is 1. The molecule has 0 aliphatic rings. The van der Waals surface area contributed by atoms with Crippen LogP contribution in [-0.2, 0) is 6.54 Å². The maximum atomic E-state index is 3.52. The highest BCUT2D eigenvalue weighted by molar-refractivity contribution is 7.17. The molecule has 1 aromatic carbocycles. The summed E-state index contributed by atoms with van der Waals surface area (Å²) in [5.74, 6) is 0. The summed E-state index contributed by atoms with van der Waals surface area (Å²) < 4.78 is 1.38. The Morgan fingerprint density at radius 2 is 2.12 bits per heavy atom. The van der Waals surface area contributed by atoms with Crippen LogP contribution in [0.25, 0.3) is 10.1 Å². The van der Waals surface area contributed by atoms with Gasteiger partial charge in [0.1, 0.15) is 0 Å². The van der Waals surface area contributed by atoms with Gasteiger partial charge in [-0.25, -0.2) is 0 Å². The number of hydrogen-bond donors (Lipinski definition) is 2. The Morgan fingerprint density at radius 3 is 2.94 bits per heavy atom.